The van der Waals surface area contributed by atoms with E-state index in [4.69, 9.17) is 22.4 Å². The molecule has 0 atom stereocenters. The summed E-state index contributed by atoms with van der Waals surface area (Å²) in [5.74, 6) is 1.24. The molecule has 0 saturated carbocycles. The largest absolute Gasteiger partial charge is 0.437 e. The maximum absolute atomic E-state index is 6.68. The molecular formula is C24H17N3OS. The van der Waals surface area contributed by atoms with E-state index in [0.29, 0.717) is 16.3 Å². The second kappa shape index (κ2) is 7.04. The van der Waals surface area contributed by atoms with Crippen LogP contribution in [-0.2, 0) is 0 Å². The molecule has 5 heteroatoms. The number of hydrogen-bond acceptors (Lipinski definition) is 4. The molecule has 5 rings (SSSR count). The maximum Gasteiger partial charge on any atom is 0.233 e. The number of hydrogen-bond donors (Lipinski definition) is 1. The molecule has 0 amide bonds. The van der Waals surface area contributed by atoms with Crippen LogP contribution in [0.15, 0.2) is 95.4 Å². The molecule has 0 fully saturated rings. The smallest absolute Gasteiger partial charge is 0.233 e. The standard InChI is InChI=1S/C24H17N3OS/c25-22-20-19(16-10-4-1-5-11-16)21(17-12-6-2-7-13-17)28-23(20)26-24(29)27(22)18-14-8-3-9-15-18/h1-15H,25H2. The van der Waals surface area contributed by atoms with Gasteiger partial charge in [-0.2, -0.15) is 4.98 Å². The number of furan rings is 1. The van der Waals surface area contributed by atoms with Crippen LogP contribution in [0.1, 0.15) is 0 Å². The van der Waals surface area contributed by atoms with Gasteiger partial charge >= 0.3 is 0 Å². The molecule has 2 N–H and O–H groups in total. The number of rotatable bonds is 3. The molecule has 2 heterocycles. The van der Waals surface area contributed by atoms with Crippen LogP contribution in [-0.4, -0.2) is 9.55 Å². The Labute approximate surface area is 172 Å². The summed E-state index contributed by atoms with van der Waals surface area (Å²) in [6.07, 6.45) is 0. The van der Waals surface area contributed by atoms with Gasteiger partial charge in [-0.25, -0.2) is 0 Å². The van der Waals surface area contributed by atoms with Gasteiger partial charge in [0.2, 0.25) is 10.5 Å². The highest BCUT2D eigenvalue weighted by Crippen LogP contribution is 2.42. The number of nitrogens with zero attached hydrogens (tertiary/aromatic N) is 2. The third kappa shape index (κ3) is 2.92. The molecule has 0 unspecified atom stereocenters. The van der Waals surface area contributed by atoms with E-state index >= 15 is 0 Å². The van der Waals surface area contributed by atoms with Crippen LogP contribution in [0.2, 0.25) is 0 Å². The number of para-hydroxylation sites is 1. The summed E-state index contributed by atoms with van der Waals surface area (Å²) < 4.78 is 8.36. The average Bonchev–Trinajstić information content (AvgIpc) is 3.15. The SMILES string of the molecule is Nc1c2c(-c3ccccc3)c(-c3ccccc3)oc2nc(=S)n1-c1ccccc1. The van der Waals surface area contributed by atoms with Gasteiger partial charge in [-0.3, -0.25) is 4.57 Å². The first-order valence-electron chi connectivity index (χ1n) is 9.25. The van der Waals surface area contributed by atoms with E-state index in [9.17, 15) is 0 Å². The fraction of sp³-hybridized carbons (Fsp3) is 0. The van der Waals surface area contributed by atoms with Crippen LogP contribution in [0.25, 0.3) is 39.2 Å². The summed E-state index contributed by atoms with van der Waals surface area (Å²) in [6, 6.07) is 29.8. The lowest BCUT2D eigenvalue weighted by Gasteiger charge is -2.12. The highest BCUT2D eigenvalue weighted by atomic mass is 32.1. The molecule has 0 spiro atoms. The molecule has 3 aromatic carbocycles. The topological polar surface area (TPSA) is 57.0 Å². The summed E-state index contributed by atoms with van der Waals surface area (Å²) in [4.78, 5) is 4.58. The van der Waals surface area contributed by atoms with Crippen molar-refractivity contribution in [3.05, 3.63) is 95.8 Å². The number of nitrogen functional groups attached to an aromatic ring is 1. The van der Waals surface area contributed by atoms with E-state index in [2.05, 4.69) is 4.98 Å². The fourth-order valence-electron chi connectivity index (χ4n) is 3.59. The molecular weight excluding hydrogens is 378 g/mol. The second-order valence-corrected chi connectivity index (χ2v) is 7.03. The Hall–Kier alpha value is -3.70. The van der Waals surface area contributed by atoms with Crippen molar-refractivity contribution in [2.45, 2.75) is 0 Å². The van der Waals surface area contributed by atoms with Crippen LogP contribution in [0, 0.1) is 4.77 Å². The third-order valence-corrected chi connectivity index (χ3v) is 5.16. The molecule has 0 bridgehead atoms. The first kappa shape index (κ1) is 17.4. The molecule has 5 aromatic rings. The van der Waals surface area contributed by atoms with Gasteiger partial charge in [0.1, 0.15) is 11.6 Å². The Morgan fingerprint density at radius 2 is 1.31 bits per heavy atom. The molecule has 2 aromatic heterocycles. The molecule has 0 aliphatic heterocycles. The molecule has 140 valence electrons. The minimum absolute atomic E-state index is 0.356. The summed E-state index contributed by atoms with van der Waals surface area (Å²) >= 11 is 5.55. The van der Waals surface area contributed by atoms with Gasteiger partial charge in [-0.05, 0) is 29.9 Å². The van der Waals surface area contributed by atoms with Crippen molar-refractivity contribution in [3.8, 4) is 28.1 Å². The third-order valence-electron chi connectivity index (χ3n) is 4.89. The first-order chi connectivity index (χ1) is 14.2. The minimum atomic E-state index is 0.356. The number of fused-ring (bicyclic) bond motifs is 1. The Morgan fingerprint density at radius 1 is 0.759 bits per heavy atom. The lowest BCUT2D eigenvalue weighted by molar-refractivity contribution is 0.616. The molecule has 0 radical (unpaired) electrons. The van der Waals surface area contributed by atoms with E-state index in [1.807, 2.05) is 91.0 Å². The summed E-state index contributed by atoms with van der Waals surface area (Å²) in [6.45, 7) is 0. The van der Waals surface area contributed by atoms with E-state index < -0.39 is 0 Å². The number of benzene rings is 3. The van der Waals surface area contributed by atoms with E-state index in [1.165, 1.54) is 0 Å². The van der Waals surface area contributed by atoms with Crippen LogP contribution >= 0.6 is 12.2 Å². The van der Waals surface area contributed by atoms with Crippen molar-refractivity contribution in [1.82, 2.24) is 9.55 Å². The Bertz CT molecular complexity index is 1360. The van der Waals surface area contributed by atoms with E-state index in [-0.39, 0.29) is 0 Å². The van der Waals surface area contributed by atoms with Crippen molar-refractivity contribution in [3.63, 3.8) is 0 Å². The monoisotopic (exact) mass is 395 g/mol. The lowest BCUT2D eigenvalue weighted by atomic mass is 9.99. The quantitative estimate of drug-likeness (QED) is 0.366. The predicted molar refractivity (Wildman–Crippen MR) is 119 cm³/mol. The van der Waals surface area contributed by atoms with Gasteiger partial charge in [-0.1, -0.05) is 78.9 Å². The molecule has 0 saturated heterocycles. The maximum atomic E-state index is 6.68. The van der Waals surface area contributed by atoms with Gasteiger partial charge in [0, 0.05) is 16.8 Å². The average molecular weight is 395 g/mol. The Balaban J connectivity index is 1.91. The molecule has 0 aliphatic carbocycles. The van der Waals surface area contributed by atoms with Crippen molar-refractivity contribution >= 4 is 29.1 Å². The highest BCUT2D eigenvalue weighted by molar-refractivity contribution is 7.71. The zero-order valence-corrected chi connectivity index (χ0v) is 16.3. The highest BCUT2D eigenvalue weighted by Gasteiger charge is 2.23. The Morgan fingerprint density at radius 3 is 1.93 bits per heavy atom. The van der Waals surface area contributed by atoms with Gasteiger partial charge in [0.05, 0.1) is 5.39 Å². The van der Waals surface area contributed by atoms with Crippen LogP contribution in [0.5, 0.6) is 0 Å². The first-order valence-corrected chi connectivity index (χ1v) is 9.66. The number of aromatic nitrogens is 2. The van der Waals surface area contributed by atoms with Gasteiger partial charge in [-0.15, -0.1) is 0 Å². The van der Waals surface area contributed by atoms with E-state index in [0.717, 1.165) is 33.5 Å². The number of anilines is 1. The second-order valence-electron chi connectivity index (χ2n) is 6.67. The van der Waals surface area contributed by atoms with Crippen molar-refractivity contribution in [1.29, 1.82) is 0 Å². The fourth-order valence-corrected chi connectivity index (χ4v) is 3.87. The number of nitrogens with two attached hydrogens (primary N) is 1. The summed E-state index contributed by atoms with van der Waals surface area (Å²) in [7, 11) is 0. The van der Waals surface area contributed by atoms with Crippen molar-refractivity contribution < 1.29 is 4.42 Å². The summed E-state index contributed by atoms with van der Waals surface area (Å²) in [5.41, 5.74) is 10.9. The van der Waals surface area contributed by atoms with Gasteiger partial charge in [0.15, 0.2) is 0 Å². The van der Waals surface area contributed by atoms with Crippen molar-refractivity contribution in [2.75, 3.05) is 5.73 Å². The summed E-state index contributed by atoms with van der Waals surface area (Å²) in [5, 5.41) is 0.757. The van der Waals surface area contributed by atoms with Crippen LogP contribution in [0.3, 0.4) is 0 Å². The van der Waals surface area contributed by atoms with Gasteiger partial charge in [0.25, 0.3) is 0 Å². The van der Waals surface area contributed by atoms with Crippen molar-refractivity contribution in [2.24, 2.45) is 0 Å². The zero-order valence-electron chi connectivity index (χ0n) is 15.4. The molecule has 29 heavy (non-hydrogen) atoms. The minimum Gasteiger partial charge on any atom is -0.437 e. The zero-order chi connectivity index (χ0) is 19.8. The molecule has 4 nitrogen and oxygen atoms in total. The van der Waals surface area contributed by atoms with Crippen LogP contribution < -0.4 is 5.73 Å². The normalized spacial score (nSPS) is 11.0. The van der Waals surface area contributed by atoms with E-state index in [1.54, 1.807) is 4.57 Å². The lowest BCUT2D eigenvalue weighted by Crippen LogP contribution is -2.07. The predicted octanol–water partition coefficient (Wildman–Crippen LogP) is 6.26. The van der Waals surface area contributed by atoms with Crippen LogP contribution in [0.4, 0.5) is 5.82 Å². The molecule has 0 aliphatic rings. The van der Waals surface area contributed by atoms with Gasteiger partial charge < -0.3 is 10.2 Å². The Kier molecular flexibility index (Phi) is 4.22.